The van der Waals surface area contributed by atoms with Crippen LogP contribution in [-0.2, 0) is 16.1 Å². The summed E-state index contributed by atoms with van der Waals surface area (Å²) in [6.45, 7) is 2.44. The highest BCUT2D eigenvalue weighted by atomic mass is 16.5. The Bertz CT molecular complexity index is 791. The first-order chi connectivity index (χ1) is 12.0. The van der Waals surface area contributed by atoms with Gasteiger partial charge in [0.1, 0.15) is 12.4 Å². The number of carboxylic acid groups (broad SMARTS) is 1. The molecule has 2 aromatic rings. The second-order valence-electron chi connectivity index (χ2n) is 6.76. The summed E-state index contributed by atoms with van der Waals surface area (Å²) >= 11 is 0. The van der Waals surface area contributed by atoms with E-state index in [1.54, 1.807) is 0 Å². The number of hydrogen-bond acceptors (Lipinski definition) is 2. The monoisotopic (exact) mass is 334 g/mol. The summed E-state index contributed by atoms with van der Waals surface area (Å²) in [5, 5.41) is 9.29. The Labute approximate surface area is 148 Å². The fourth-order valence-corrected chi connectivity index (χ4v) is 3.21. The number of allylic oxidation sites excluding steroid dienone is 3. The van der Waals surface area contributed by atoms with Gasteiger partial charge in [-0.25, -0.2) is 0 Å². The second-order valence-corrected chi connectivity index (χ2v) is 6.76. The molecule has 0 radical (unpaired) electrons. The molecule has 0 fully saturated rings. The molecule has 128 valence electrons. The van der Waals surface area contributed by atoms with Crippen molar-refractivity contribution in [1.82, 2.24) is 0 Å². The molecule has 1 aliphatic carbocycles. The Morgan fingerprint density at radius 1 is 1.08 bits per heavy atom. The molecule has 0 bridgehead atoms. The van der Waals surface area contributed by atoms with E-state index in [-0.39, 0.29) is 6.42 Å². The van der Waals surface area contributed by atoms with Crippen LogP contribution in [0.2, 0.25) is 0 Å². The van der Waals surface area contributed by atoms with E-state index in [9.17, 15) is 9.90 Å². The number of hydrogen-bond donors (Lipinski definition) is 1. The molecule has 3 nitrogen and oxygen atoms in total. The van der Waals surface area contributed by atoms with E-state index in [1.807, 2.05) is 79.7 Å². The van der Waals surface area contributed by atoms with Crippen molar-refractivity contribution < 1.29 is 14.6 Å². The van der Waals surface area contributed by atoms with Gasteiger partial charge in [-0.15, -0.1) is 0 Å². The van der Waals surface area contributed by atoms with Crippen molar-refractivity contribution in [1.29, 1.82) is 0 Å². The molecule has 0 saturated carbocycles. The van der Waals surface area contributed by atoms with Gasteiger partial charge in [0.15, 0.2) is 0 Å². The van der Waals surface area contributed by atoms with Crippen LogP contribution in [0, 0.1) is 5.41 Å². The van der Waals surface area contributed by atoms with E-state index in [1.165, 1.54) is 0 Å². The maximum Gasteiger partial charge on any atom is 0.304 e. The number of carbonyl (C=O) groups is 1. The third kappa shape index (κ3) is 4.60. The first kappa shape index (κ1) is 17.0. The van der Waals surface area contributed by atoms with E-state index < -0.39 is 11.4 Å². The average molecular weight is 334 g/mol. The summed E-state index contributed by atoms with van der Waals surface area (Å²) in [6.07, 6.45) is 4.75. The number of ether oxygens (including phenoxy) is 1. The quantitative estimate of drug-likeness (QED) is 0.803. The van der Waals surface area contributed by atoms with E-state index in [2.05, 4.69) is 0 Å². The fraction of sp³-hybridized carbons (Fsp3) is 0.227. The molecule has 0 aromatic heterocycles. The van der Waals surface area contributed by atoms with Crippen molar-refractivity contribution in [2.75, 3.05) is 0 Å². The topological polar surface area (TPSA) is 46.5 Å². The first-order valence-corrected chi connectivity index (χ1v) is 8.41. The van der Waals surface area contributed by atoms with Crippen LogP contribution in [0.25, 0.3) is 5.57 Å². The zero-order chi connectivity index (χ0) is 17.7. The van der Waals surface area contributed by atoms with Gasteiger partial charge in [-0.05, 0) is 35.3 Å². The Balaban J connectivity index is 1.86. The lowest BCUT2D eigenvalue weighted by Crippen LogP contribution is -2.22. The minimum absolute atomic E-state index is 0.0787. The Kier molecular flexibility index (Phi) is 5.03. The average Bonchev–Trinajstić information content (AvgIpc) is 2.60. The molecule has 25 heavy (non-hydrogen) atoms. The highest BCUT2D eigenvalue weighted by Crippen LogP contribution is 2.41. The number of rotatable bonds is 6. The normalized spacial score (nSPS) is 19.7. The largest absolute Gasteiger partial charge is 0.489 e. The van der Waals surface area contributed by atoms with Gasteiger partial charge in [0.2, 0.25) is 0 Å². The molecule has 1 aliphatic rings. The highest BCUT2D eigenvalue weighted by Gasteiger charge is 2.31. The summed E-state index contributed by atoms with van der Waals surface area (Å²) in [4.78, 5) is 11.3. The van der Waals surface area contributed by atoms with Crippen LogP contribution < -0.4 is 0 Å². The van der Waals surface area contributed by atoms with Gasteiger partial charge in [-0.3, -0.25) is 4.79 Å². The predicted molar refractivity (Wildman–Crippen MR) is 98.7 cm³/mol. The molecule has 1 N–H and O–H groups in total. The Morgan fingerprint density at radius 3 is 2.36 bits per heavy atom. The lowest BCUT2D eigenvalue weighted by atomic mass is 9.75. The molecule has 0 spiro atoms. The molecule has 0 saturated heterocycles. The van der Waals surface area contributed by atoms with Crippen molar-refractivity contribution in [3.8, 4) is 0 Å². The Hall–Kier alpha value is -2.81. The van der Waals surface area contributed by atoms with E-state index in [0.29, 0.717) is 13.0 Å². The fourth-order valence-electron chi connectivity index (χ4n) is 3.21. The summed E-state index contributed by atoms with van der Waals surface area (Å²) in [6, 6.07) is 20.0. The molecule has 0 amide bonds. The number of benzene rings is 2. The lowest BCUT2D eigenvalue weighted by Gasteiger charge is -2.30. The molecular formula is C22H22O3. The van der Waals surface area contributed by atoms with Crippen LogP contribution >= 0.6 is 0 Å². The second kappa shape index (κ2) is 7.39. The molecule has 0 heterocycles. The third-order valence-corrected chi connectivity index (χ3v) is 4.35. The zero-order valence-corrected chi connectivity index (χ0v) is 14.3. The third-order valence-electron chi connectivity index (χ3n) is 4.35. The van der Waals surface area contributed by atoms with Gasteiger partial charge in [0.25, 0.3) is 0 Å². The van der Waals surface area contributed by atoms with E-state index in [4.69, 9.17) is 4.74 Å². The minimum Gasteiger partial charge on any atom is -0.489 e. The molecular weight excluding hydrogens is 312 g/mol. The van der Waals surface area contributed by atoms with Crippen molar-refractivity contribution in [3.63, 3.8) is 0 Å². The van der Waals surface area contributed by atoms with Gasteiger partial charge in [-0.1, -0.05) is 67.6 Å². The number of carboxylic acids is 1. The van der Waals surface area contributed by atoms with Crippen molar-refractivity contribution in [2.45, 2.75) is 26.4 Å². The van der Waals surface area contributed by atoms with Gasteiger partial charge in [0, 0.05) is 5.41 Å². The summed E-state index contributed by atoms with van der Waals surface area (Å²) in [5.74, 6) is -0.0619. The molecule has 3 heteroatoms. The van der Waals surface area contributed by atoms with Crippen molar-refractivity contribution in [2.24, 2.45) is 5.41 Å². The standard InChI is InChI=1S/C22H22O3/c1-22(15-21(23)24)13-19(18-10-6-3-7-11-18)12-20(14-22)25-16-17-8-4-2-5-9-17/h2-12,14H,13,15-16H2,1H3,(H,23,24). The summed E-state index contributed by atoms with van der Waals surface area (Å²) < 4.78 is 5.99. The van der Waals surface area contributed by atoms with Crippen LogP contribution in [0.15, 0.2) is 78.6 Å². The van der Waals surface area contributed by atoms with Gasteiger partial charge < -0.3 is 9.84 Å². The lowest BCUT2D eigenvalue weighted by molar-refractivity contribution is -0.138. The predicted octanol–water partition coefficient (Wildman–Crippen LogP) is 5.06. The van der Waals surface area contributed by atoms with Crippen LogP contribution in [0.1, 0.15) is 30.9 Å². The van der Waals surface area contributed by atoms with Crippen LogP contribution in [0.5, 0.6) is 0 Å². The van der Waals surface area contributed by atoms with Gasteiger partial charge in [0.05, 0.1) is 6.42 Å². The van der Waals surface area contributed by atoms with Crippen LogP contribution in [0.4, 0.5) is 0 Å². The Morgan fingerprint density at radius 2 is 1.72 bits per heavy atom. The van der Waals surface area contributed by atoms with Crippen LogP contribution in [-0.4, -0.2) is 11.1 Å². The van der Waals surface area contributed by atoms with Crippen molar-refractivity contribution >= 4 is 11.5 Å². The summed E-state index contributed by atoms with van der Waals surface area (Å²) in [5.41, 5.74) is 2.84. The minimum atomic E-state index is -0.796. The molecule has 1 unspecified atom stereocenters. The maximum absolute atomic E-state index is 11.3. The van der Waals surface area contributed by atoms with Crippen LogP contribution in [0.3, 0.4) is 0 Å². The highest BCUT2D eigenvalue weighted by molar-refractivity contribution is 5.73. The first-order valence-electron chi connectivity index (χ1n) is 8.41. The van der Waals surface area contributed by atoms with Gasteiger partial charge in [-0.2, -0.15) is 0 Å². The molecule has 3 rings (SSSR count). The molecule has 2 aromatic carbocycles. The smallest absolute Gasteiger partial charge is 0.304 e. The molecule has 1 atom stereocenters. The number of aliphatic carboxylic acids is 1. The summed E-state index contributed by atoms with van der Waals surface area (Å²) in [7, 11) is 0. The van der Waals surface area contributed by atoms with E-state index >= 15 is 0 Å². The van der Waals surface area contributed by atoms with Crippen molar-refractivity contribution in [3.05, 3.63) is 89.7 Å². The molecule has 0 aliphatic heterocycles. The maximum atomic E-state index is 11.3. The SMILES string of the molecule is CC1(CC(=O)O)C=C(OCc2ccccc2)C=C(c2ccccc2)C1. The van der Waals surface area contributed by atoms with Gasteiger partial charge >= 0.3 is 5.97 Å². The zero-order valence-electron chi connectivity index (χ0n) is 14.3. The van der Waals surface area contributed by atoms with E-state index in [0.717, 1.165) is 22.5 Å².